The van der Waals surface area contributed by atoms with Crippen molar-refractivity contribution < 1.29 is 18.7 Å². The van der Waals surface area contributed by atoms with Crippen molar-refractivity contribution >= 4 is 45.9 Å². The molecule has 1 aliphatic rings. The summed E-state index contributed by atoms with van der Waals surface area (Å²) in [6.45, 7) is 2.66. The van der Waals surface area contributed by atoms with E-state index in [0.29, 0.717) is 35.5 Å². The number of halogens is 3. The van der Waals surface area contributed by atoms with Crippen molar-refractivity contribution in [2.45, 2.75) is 25.9 Å². The van der Waals surface area contributed by atoms with Gasteiger partial charge in [-0.2, -0.15) is 0 Å². The Hall–Kier alpha value is -2.90. The summed E-state index contributed by atoms with van der Waals surface area (Å²) in [6, 6.07) is 11.1. The van der Waals surface area contributed by atoms with E-state index in [1.165, 1.54) is 12.1 Å². The molecule has 1 aliphatic heterocycles. The highest BCUT2D eigenvalue weighted by molar-refractivity contribution is 6.34. The van der Waals surface area contributed by atoms with Crippen LogP contribution in [-0.4, -0.2) is 47.9 Å². The number of fused-ring (bicyclic) bond motifs is 1. The second-order valence-corrected chi connectivity index (χ2v) is 9.09. The summed E-state index contributed by atoms with van der Waals surface area (Å²) in [6.07, 6.45) is 0.783. The summed E-state index contributed by atoms with van der Waals surface area (Å²) in [7, 11) is 1.60. The summed E-state index contributed by atoms with van der Waals surface area (Å²) in [4.78, 5) is 31.0. The maximum atomic E-state index is 13.5. The lowest BCUT2D eigenvalue weighted by Gasteiger charge is -2.33. The normalized spacial score (nSPS) is 16.9. The summed E-state index contributed by atoms with van der Waals surface area (Å²) >= 11 is 12.5. The molecule has 178 valence electrons. The zero-order valence-electron chi connectivity index (χ0n) is 18.8. The number of rotatable bonds is 5. The molecular weight excluding hydrogens is 480 g/mol. The summed E-state index contributed by atoms with van der Waals surface area (Å²) in [5, 5.41) is 3.92. The van der Waals surface area contributed by atoms with E-state index < -0.39 is 11.9 Å². The Labute approximate surface area is 207 Å². The molecule has 1 aromatic heterocycles. The number of likely N-dealkylation sites (tertiary alicyclic amines) is 1. The van der Waals surface area contributed by atoms with E-state index in [1.54, 1.807) is 43.1 Å². The number of pyridine rings is 1. The smallest absolute Gasteiger partial charge is 0.263 e. The van der Waals surface area contributed by atoms with Gasteiger partial charge in [0.25, 0.3) is 5.91 Å². The van der Waals surface area contributed by atoms with Crippen LogP contribution in [0.1, 0.15) is 19.8 Å². The molecule has 0 saturated carbocycles. The van der Waals surface area contributed by atoms with Crippen LogP contribution < -0.4 is 10.1 Å². The van der Waals surface area contributed by atoms with E-state index in [9.17, 15) is 14.0 Å². The third kappa shape index (κ3) is 5.10. The molecule has 6 nitrogen and oxygen atoms in total. The molecular formula is C25H24Cl2FN3O3. The second kappa shape index (κ2) is 10.2. The lowest BCUT2D eigenvalue weighted by molar-refractivity contribution is -0.141. The molecule has 0 bridgehead atoms. The topological polar surface area (TPSA) is 71.5 Å². The van der Waals surface area contributed by atoms with E-state index in [1.807, 2.05) is 6.07 Å². The Balaban J connectivity index is 1.56. The third-order valence-corrected chi connectivity index (χ3v) is 6.49. The molecule has 2 amide bonds. The van der Waals surface area contributed by atoms with Crippen LogP contribution >= 0.6 is 23.2 Å². The Morgan fingerprint density at radius 1 is 1.18 bits per heavy atom. The lowest BCUT2D eigenvalue weighted by Crippen LogP contribution is -2.48. The predicted molar refractivity (Wildman–Crippen MR) is 131 cm³/mol. The largest absolute Gasteiger partial charge is 0.481 e. The van der Waals surface area contributed by atoms with Crippen molar-refractivity contribution in [1.29, 1.82) is 0 Å². The number of piperidine rings is 1. The van der Waals surface area contributed by atoms with Gasteiger partial charge in [-0.15, -0.1) is 0 Å². The van der Waals surface area contributed by atoms with Gasteiger partial charge < -0.3 is 15.0 Å². The van der Waals surface area contributed by atoms with E-state index in [4.69, 9.17) is 27.9 Å². The van der Waals surface area contributed by atoms with Gasteiger partial charge in [-0.3, -0.25) is 9.59 Å². The van der Waals surface area contributed by atoms with Crippen molar-refractivity contribution in [2.75, 3.05) is 20.1 Å². The van der Waals surface area contributed by atoms with Crippen LogP contribution in [0.3, 0.4) is 0 Å². The van der Waals surface area contributed by atoms with E-state index in [0.717, 1.165) is 18.2 Å². The highest BCUT2D eigenvalue weighted by Crippen LogP contribution is 2.36. The number of aromatic nitrogens is 1. The zero-order valence-corrected chi connectivity index (χ0v) is 20.3. The molecule has 1 N–H and O–H groups in total. The number of amides is 2. The van der Waals surface area contributed by atoms with Gasteiger partial charge in [-0.1, -0.05) is 23.2 Å². The Morgan fingerprint density at radius 2 is 1.97 bits per heavy atom. The van der Waals surface area contributed by atoms with Crippen LogP contribution in [0.5, 0.6) is 5.75 Å². The van der Waals surface area contributed by atoms with Gasteiger partial charge in [0.05, 0.1) is 16.5 Å². The van der Waals surface area contributed by atoms with Crippen molar-refractivity contribution in [2.24, 2.45) is 5.92 Å². The van der Waals surface area contributed by atoms with Crippen molar-refractivity contribution in [3.05, 3.63) is 58.5 Å². The number of nitrogens with one attached hydrogen (secondary N) is 1. The first-order valence-corrected chi connectivity index (χ1v) is 11.7. The number of nitrogens with zero attached hydrogens (tertiary/aromatic N) is 2. The minimum absolute atomic E-state index is 0.0550. The van der Waals surface area contributed by atoms with Crippen molar-refractivity contribution in [3.63, 3.8) is 0 Å². The van der Waals surface area contributed by atoms with Gasteiger partial charge in [0.1, 0.15) is 16.7 Å². The van der Waals surface area contributed by atoms with Crippen molar-refractivity contribution in [3.8, 4) is 16.9 Å². The van der Waals surface area contributed by atoms with Crippen LogP contribution in [0.15, 0.2) is 42.5 Å². The van der Waals surface area contributed by atoms with E-state index in [2.05, 4.69) is 10.3 Å². The molecule has 2 heterocycles. The van der Waals surface area contributed by atoms with Gasteiger partial charge in [0.2, 0.25) is 5.91 Å². The first kappa shape index (κ1) is 24.2. The molecule has 0 radical (unpaired) electrons. The number of carbonyl (C=O) groups excluding carboxylic acids is 2. The van der Waals surface area contributed by atoms with Gasteiger partial charge >= 0.3 is 0 Å². The van der Waals surface area contributed by atoms with E-state index >= 15 is 0 Å². The average molecular weight is 504 g/mol. The average Bonchev–Trinajstić information content (AvgIpc) is 2.82. The monoisotopic (exact) mass is 503 g/mol. The van der Waals surface area contributed by atoms with Gasteiger partial charge in [-0.25, -0.2) is 9.37 Å². The van der Waals surface area contributed by atoms with Gasteiger partial charge in [0.15, 0.2) is 6.10 Å². The number of hydrogen-bond donors (Lipinski definition) is 1. The van der Waals surface area contributed by atoms with Crippen LogP contribution in [-0.2, 0) is 9.59 Å². The maximum absolute atomic E-state index is 13.5. The fourth-order valence-electron chi connectivity index (χ4n) is 4.29. The molecule has 0 aliphatic carbocycles. The first-order valence-electron chi connectivity index (χ1n) is 11.0. The van der Waals surface area contributed by atoms with E-state index in [-0.39, 0.29) is 27.9 Å². The molecule has 2 atom stereocenters. The second-order valence-electron chi connectivity index (χ2n) is 8.29. The fourth-order valence-corrected chi connectivity index (χ4v) is 4.76. The van der Waals surface area contributed by atoms with Crippen molar-refractivity contribution in [1.82, 2.24) is 15.2 Å². The maximum Gasteiger partial charge on any atom is 0.263 e. The number of ether oxygens (including phenoxy) is 1. The number of hydrogen-bond acceptors (Lipinski definition) is 4. The minimum Gasteiger partial charge on any atom is -0.481 e. The number of carbonyl (C=O) groups is 2. The summed E-state index contributed by atoms with van der Waals surface area (Å²) in [5.74, 6) is -0.409. The fraction of sp³-hybridized carbons (Fsp3) is 0.320. The van der Waals surface area contributed by atoms with Crippen LogP contribution in [0.4, 0.5) is 4.39 Å². The molecule has 1 fully saturated rings. The SMILES string of the molecule is CNC(=O)[C@H]1CCCN(C(=O)C(C)Oc2ccc3c(-c4ccc(F)cc4Cl)cc(Cl)nc3c2)C1. The Kier molecular flexibility index (Phi) is 7.24. The van der Waals surface area contributed by atoms with Gasteiger partial charge in [0, 0.05) is 37.2 Å². The molecule has 1 saturated heterocycles. The minimum atomic E-state index is -0.744. The predicted octanol–water partition coefficient (Wildman–Crippen LogP) is 5.10. The standard InChI is InChI=1S/C25H24Cl2FN3O3/c1-14(25(33)31-9-3-4-15(13-31)24(32)29-2)34-17-6-8-19-20(12-23(27)30-22(19)11-17)18-7-5-16(28)10-21(18)26/h5-8,10-12,14-15H,3-4,9,13H2,1-2H3,(H,29,32)/t14?,15-/m0/s1. The molecule has 1 unspecified atom stereocenters. The first-order chi connectivity index (χ1) is 16.3. The highest BCUT2D eigenvalue weighted by Gasteiger charge is 2.30. The molecule has 3 aromatic rings. The lowest BCUT2D eigenvalue weighted by atomic mass is 9.97. The number of benzene rings is 2. The quantitative estimate of drug-likeness (QED) is 0.491. The van der Waals surface area contributed by atoms with Crippen LogP contribution in [0.2, 0.25) is 10.2 Å². The Bertz CT molecular complexity index is 1250. The Morgan fingerprint density at radius 3 is 2.71 bits per heavy atom. The molecule has 0 spiro atoms. The molecule has 2 aromatic carbocycles. The summed E-state index contributed by atoms with van der Waals surface area (Å²) < 4.78 is 19.5. The summed E-state index contributed by atoms with van der Waals surface area (Å²) in [5.41, 5.74) is 1.90. The van der Waals surface area contributed by atoms with Gasteiger partial charge in [-0.05, 0) is 61.7 Å². The highest BCUT2D eigenvalue weighted by atomic mass is 35.5. The molecule has 4 rings (SSSR count). The zero-order chi connectivity index (χ0) is 24.4. The molecule has 34 heavy (non-hydrogen) atoms. The third-order valence-electron chi connectivity index (χ3n) is 5.98. The molecule has 9 heteroatoms. The van der Waals surface area contributed by atoms with Crippen LogP contribution in [0.25, 0.3) is 22.0 Å². The van der Waals surface area contributed by atoms with Crippen LogP contribution in [0, 0.1) is 11.7 Å².